The van der Waals surface area contributed by atoms with Gasteiger partial charge in [-0.2, -0.15) is 0 Å². The molecule has 9 heteroatoms. The number of halogens is 2. The third-order valence-electron chi connectivity index (χ3n) is 5.70. The lowest BCUT2D eigenvalue weighted by molar-refractivity contribution is 0.0912. The van der Waals surface area contributed by atoms with Crippen LogP contribution in [-0.4, -0.2) is 32.2 Å². The number of imidazole rings is 1. The van der Waals surface area contributed by atoms with Gasteiger partial charge in [0, 0.05) is 24.4 Å². The van der Waals surface area contributed by atoms with Crippen molar-refractivity contribution in [3.05, 3.63) is 89.5 Å². The molecule has 4 N–H and O–H groups in total. The van der Waals surface area contributed by atoms with Crippen LogP contribution >= 0.6 is 0 Å². The summed E-state index contributed by atoms with van der Waals surface area (Å²) in [6, 6.07) is 10.5. The molecule has 2 aromatic heterocycles. The number of aromatic nitrogens is 3. The van der Waals surface area contributed by atoms with E-state index in [0.717, 1.165) is 17.1 Å². The molecule has 0 aliphatic carbocycles. The van der Waals surface area contributed by atoms with Crippen LogP contribution in [0.5, 0.6) is 0 Å². The number of benzene rings is 2. The highest BCUT2D eigenvalue weighted by molar-refractivity contribution is 5.95. The van der Waals surface area contributed by atoms with Crippen LogP contribution in [0.4, 0.5) is 14.6 Å². The van der Waals surface area contributed by atoms with Crippen molar-refractivity contribution >= 4 is 11.7 Å². The molecule has 0 aliphatic rings. The summed E-state index contributed by atoms with van der Waals surface area (Å²) in [6.07, 6.45) is 3.34. The average Bonchev–Trinajstić information content (AvgIpc) is 3.15. The first-order chi connectivity index (χ1) is 16.3. The fourth-order valence-corrected chi connectivity index (χ4v) is 3.68. The second kappa shape index (κ2) is 9.40. The first-order valence-corrected chi connectivity index (χ1v) is 10.5. The summed E-state index contributed by atoms with van der Waals surface area (Å²) in [4.78, 5) is 21.2. The summed E-state index contributed by atoms with van der Waals surface area (Å²) < 4.78 is 30.4. The number of nitrogens with one attached hydrogen (secondary N) is 1. The fraction of sp³-hybridized carbons (Fsp3) is 0.160. The van der Waals surface area contributed by atoms with Gasteiger partial charge in [0.1, 0.15) is 23.3 Å². The lowest BCUT2D eigenvalue weighted by Gasteiger charge is -2.17. The normalized spacial score (nSPS) is 11.9. The Morgan fingerprint density at radius 1 is 1.12 bits per heavy atom. The molecular formula is C25H23F2N5O2. The molecule has 1 amide bonds. The van der Waals surface area contributed by atoms with E-state index in [1.807, 2.05) is 18.5 Å². The minimum Gasteiger partial charge on any atom is -0.394 e. The molecule has 7 nitrogen and oxygen atoms in total. The number of rotatable bonds is 6. The lowest BCUT2D eigenvalue weighted by atomic mass is 10.0. The summed E-state index contributed by atoms with van der Waals surface area (Å²) in [5.74, 6) is -0.972. The molecule has 2 aromatic carbocycles. The van der Waals surface area contributed by atoms with Gasteiger partial charge in [-0.15, -0.1) is 0 Å². The van der Waals surface area contributed by atoms with Crippen LogP contribution in [0.1, 0.15) is 27.8 Å². The number of hydrogen-bond donors (Lipinski definition) is 3. The van der Waals surface area contributed by atoms with E-state index in [1.165, 1.54) is 30.3 Å². The molecule has 0 saturated carbocycles. The Kier molecular flexibility index (Phi) is 6.38. The van der Waals surface area contributed by atoms with E-state index in [4.69, 9.17) is 5.73 Å². The smallest absolute Gasteiger partial charge is 0.254 e. The molecular weight excluding hydrogens is 440 g/mol. The Bertz CT molecular complexity index is 1370. The third-order valence-corrected chi connectivity index (χ3v) is 5.70. The minimum atomic E-state index is -0.888. The Morgan fingerprint density at radius 3 is 2.56 bits per heavy atom. The van der Waals surface area contributed by atoms with Crippen LogP contribution in [0.25, 0.3) is 22.4 Å². The fourth-order valence-electron chi connectivity index (χ4n) is 3.68. The van der Waals surface area contributed by atoms with Crippen molar-refractivity contribution in [1.29, 1.82) is 0 Å². The highest BCUT2D eigenvalue weighted by Crippen LogP contribution is 2.31. The molecule has 1 atom stereocenters. The summed E-state index contributed by atoms with van der Waals surface area (Å²) in [5, 5.41) is 12.2. The van der Waals surface area contributed by atoms with Crippen molar-refractivity contribution in [2.24, 2.45) is 7.05 Å². The number of nitrogens with two attached hydrogens (primary N) is 1. The van der Waals surface area contributed by atoms with Gasteiger partial charge in [0.05, 0.1) is 30.1 Å². The number of pyridine rings is 1. The topological polar surface area (TPSA) is 106 Å². The van der Waals surface area contributed by atoms with Gasteiger partial charge in [0.15, 0.2) is 0 Å². The second-order valence-electron chi connectivity index (χ2n) is 7.86. The van der Waals surface area contributed by atoms with Gasteiger partial charge in [-0.25, -0.2) is 18.7 Å². The molecule has 2 heterocycles. The molecule has 0 spiro atoms. The number of nitrogens with zero attached hydrogens (tertiary/aromatic N) is 3. The predicted octanol–water partition coefficient (Wildman–Crippen LogP) is 3.78. The number of anilines is 1. The van der Waals surface area contributed by atoms with Gasteiger partial charge in [-0.1, -0.05) is 18.2 Å². The SMILES string of the molecule is Cc1ncc(-c2cnc(N)c(-c3ccc(C(=O)N[C@H](CO)c4cccc(F)c4)c(F)c3)c2)n1C. The number of hydrogen-bond acceptors (Lipinski definition) is 5. The quantitative estimate of drug-likeness (QED) is 0.404. The van der Waals surface area contributed by atoms with Crippen molar-refractivity contribution < 1.29 is 18.7 Å². The number of aliphatic hydroxyl groups excluding tert-OH is 1. The van der Waals surface area contributed by atoms with E-state index in [-0.39, 0.29) is 11.4 Å². The number of amides is 1. The van der Waals surface area contributed by atoms with Crippen LogP contribution in [0.15, 0.2) is 60.9 Å². The van der Waals surface area contributed by atoms with Gasteiger partial charge in [0.2, 0.25) is 0 Å². The van der Waals surface area contributed by atoms with Gasteiger partial charge in [-0.3, -0.25) is 4.79 Å². The predicted molar refractivity (Wildman–Crippen MR) is 125 cm³/mol. The maximum Gasteiger partial charge on any atom is 0.254 e. The van der Waals surface area contributed by atoms with E-state index in [0.29, 0.717) is 16.7 Å². The van der Waals surface area contributed by atoms with Gasteiger partial charge >= 0.3 is 0 Å². The molecule has 174 valence electrons. The third kappa shape index (κ3) is 4.51. The van der Waals surface area contributed by atoms with E-state index in [9.17, 15) is 18.7 Å². The van der Waals surface area contributed by atoms with Crippen molar-refractivity contribution in [2.75, 3.05) is 12.3 Å². The lowest BCUT2D eigenvalue weighted by Crippen LogP contribution is -2.31. The summed E-state index contributed by atoms with van der Waals surface area (Å²) >= 11 is 0. The molecule has 0 bridgehead atoms. The van der Waals surface area contributed by atoms with E-state index >= 15 is 0 Å². The van der Waals surface area contributed by atoms with Gasteiger partial charge in [-0.05, 0) is 48.4 Å². The number of carbonyl (C=O) groups is 1. The summed E-state index contributed by atoms with van der Waals surface area (Å²) in [5.41, 5.74) is 8.75. The Labute approximate surface area is 194 Å². The van der Waals surface area contributed by atoms with Crippen molar-refractivity contribution in [2.45, 2.75) is 13.0 Å². The molecule has 0 unspecified atom stereocenters. The number of nitrogen functional groups attached to an aromatic ring is 1. The maximum atomic E-state index is 15.0. The molecule has 4 rings (SSSR count). The van der Waals surface area contributed by atoms with E-state index < -0.39 is 30.2 Å². The Hall–Kier alpha value is -4.11. The highest BCUT2D eigenvalue weighted by atomic mass is 19.1. The van der Waals surface area contributed by atoms with Crippen LogP contribution < -0.4 is 11.1 Å². The molecule has 0 saturated heterocycles. The first kappa shape index (κ1) is 23.1. The number of carbonyl (C=O) groups excluding carboxylic acids is 1. The molecule has 34 heavy (non-hydrogen) atoms. The summed E-state index contributed by atoms with van der Waals surface area (Å²) in [7, 11) is 1.88. The van der Waals surface area contributed by atoms with Gasteiger partial charge in [0.25, 0.3) is 5.91 Å². The second-order valence-corrected chi connectivity index (χ2v) is 7.86. The van der Waals surface area contributed by atoms with Crippen molar-refractivity contribution in [1.82, 2.24) is 19.9 Å². The Balaban J connectivity index is 1.61. The standard InChI is InChI=1S/C25H23F2N5O2/c1-14-29-12-23(32(14)2)17-9-20(24(28)30-11-17)15-6-7-19(21(27)10-15)25(34)31-22(13-33)16-4-3-5-18(26)8-16/h3-12,22,33H,13H2,1-2H3,(H2,28,30)(H,31,34)/t22-/m1/s1. The number of aryl methyl sites for hydroxylation is 1. The zero-order chi connectivity index (χ0) is 24.4. The largest absolute Gasteiger partial charge is 0.394 e. The van der Waals surface area contributed by atoms with Crippen LogP contribution in [-0.2, 0) is 7.05 Å². The zero-order valence-corrected chi connectivity index (χ0v) is 18.6. The van der Waals surface area contributed by atoms with E-state index in [2.05, 4.69) is 15.3 Å². The first-order valence-electron chi connectivity index (χ1n) is 10.5. The monoisotopic (exact) mass is 463 g/mol. The molecule has 0 radical (unpaired) electrons. The minimum absolute atomic E-state index is 0.214. The number of aliphatic hydroxyl groups is 1. The van der Waals surface area contributed by atoms with Crippen LogP contribution in [0, 0.1) is 18.6 Å². The maximum absolute atomic E-state index is 15.0. The molecule has 4 aromatic rings. The average molecular weight is 463 g/mol. The van der Waals surface area contributed by atoms with E-state index in [1.54, 1.807) is 30.6 Å². The highest BCUT2D eigenvalue weighted by Gasteiger charge is 2.19. The van der Waals surface area contributed by atoms with Gasteiger partial charge < -0.3 is 20.7 Å². The van der Waals surface area contributed by atoms with Crippen LogP contribution in [0.2, 0.25) is 0 Å². The van der Waals surface area contributed by atoms with Crippen LogP contribution in [0.3, 0.4) is 0 Å². The summed E-state index contributed by atoms with van der Waals surface area (Å²) in [6.45, 7) is 1.40. The molecule has 0 fully saturated rings. The van der Waals surface area contributed by atoms with Crippen molar-refractivity contribution in [3.8, 4) is 22.4 Å². The molecule has 0 aliphatic heterocycles. The zero-order valence-electron chi connectivity index (χ0n) is 18.6. The van der Waals surface area contributed by atoms with Crippen molar-refractivity contribution in [3.63, 3.8) is 0 Å². The Morgan fingerprint density at radius 2 is 1.91 bits per heavy atom.